The second-order valence-electron chi connectivity index (χ2n) is 9.30. The maximum atomic E-state index is 13.5. The molecule has 0 spiro atoms. The summed E-state index contributed by atoms with van der Waals surface area (Å²) in [7, 11) is 1.60. The van der Waals surface area contributed by atoms with Gasteiger partial charge in [0, 0.05) is 12.0 Å². The van der Waals surface area contributed by atoms with Crippen LogP contribution >= 0.6 is 27.3 Å². The standard InChI is InChI=1S/C32H26BrFN2O6S/c1-3-40-32(38)26(15-22-14-20(16-37)6-13-25(22)41-17-19-4-11-24(39-2)12-5-19)42-30-27-28(33)29(43-31(27)36-18-35-30)21-7-9-23(34)10-8-21/h4-14,16,18,26H,3,15,17H2,1-2H3/t26-/m1/s1. The van der Waals surface area contributed by atoms with Crippen LogP contribution in [0.1, 0.15) is 28.4 Å². The maximum absolute atomic E-state index is 13.5. The first-order valence-electron chi connectivity index (χ1n) is 13.3. The Balaban J connectivity index is 1.46. The molecule has 43 heavy (non-hydrogen) atoms. The number of aromatic nitrogens is 2. The van der Waals surface area contributed by atoms with Crippen LogP contribution in [0.2, 0.25) is 0 Å². The summed E-state index contributed by atoms with van der Waals surface area (Å²) in [5.74, 6) is 0.453. The van der Waals surface area contributed by atoms with E-state index in [1.54, 1.807) is 44.4 Å². The van der Waals surface area contributed by atoms with E-state index in [-0.39, 0.29) is 31.3 Å². The van der Waals surface area contributed by atoms with Crippen molar-refractivity contribution in [2.24, 2.45) is 0 Å². The Bertz CT molecular complexity index is 1740. The molecule has 0 aliphatic heterocycles. The molecule has 0 fully saturated rings. The molecule has 0 amide bonds. The van der Waals surface area contributed by atoms with Crippen molar-refractivity contribution in [2.75, 3.05) is 13.7 Å². The Morgan fingerprint density at radius 1 is 1.07 bits per heavy atom. The third-order valence-corrected chi connectivity index (χ3v) is 8.69. The zero-order valence-electron chi connectivity index (χ0n) is 23.2. The van der Waals surface area contributed by atoms with Gasteiger partial charge in [0.1, 0.15) is 41.4 Å². The van der Waals surface area contributed by atoms with Gasteiger partial charge in [0.2, 0.25) is 12.0 Å². The molecule has 220 valence electrons. The summed E-state index contributed by atoms with van der Waals surface area (Å²) in [5.41, 5.74) is 2.70. The van der Waals surface area contributed by atoms with Crippen LogP contribution in [0.5, 0.6) is 17.4 Å². The average molecular weight is 666 g/mol. The first-order valence-corrected chi connectivity index (χ1v) is 14.9. The smallest absolute Gasteiger partial charge is 0.347 e. The van der Waals surface area contributed by atoms with E-state index >= 15 is 0 Å². The minimum atomic E-state index is -1.12. The van der Waals surface area contributed by atoms with E-state index in [4.69, 9.17) is 18.9 Å². The van der Waals surface area contributed by atoms with E-state index in [0.717, 1.165) is 28.0 Å². The van der Waals surface area contributed by atoms with Crippen LogP contribution in [0.25, 0.3) is 20.7 Å². The lowest BCUT2D eigenvalue weighted by atomic mass is 10.0. The molecule has 0 saturated carbocycles. The van der Waals surface area contributed by atoms with Gasteiger partial charge in [-0.1, -0.05) is 24.3 Å². The zero-order valence-corrected chi connectivity index (χ0v) is 25.6. The second-order valence-corrected chi connectivity index (χ2v) is 11.1. The predicted octanol–water partition coefficient (Wildman–Crippen LogP) is 7.21. The summed E-state index contributed by atoms with van der Waals surface area (Å²) in [5, 5.41) is 0.568. The van der Waals surface area contributed by atoms with Crippen molar-refractivity contribution >= 4 is 49.7 Å². The molecule has 5 rings (SSSR count). The summed E-state index contributed by atoms with van der Waals surface area (Å²) < 4.78 is 37.1. The van der Waals surface area contributed by atoms with E-state index in [2.05, 4.69) is 25.9 Å². The molecular weight excluding hydrogens is 639 g/mol. The van der Waals surface area contributed by atoms with Crippen LogP contribution in [-0.2, 0) is 22.6 Å². The van der Waals surface area contributed by atoms with Gasteiger partial charge in [0.25, 0.3) is 0 Å². The highest BCUT2D eigenvalue weighted by molar-refractivity contribution is 9.10. The summed E-state index contributed by atoms with van der Waals surface area (Å²) >= 11 is 5.02. The Kier molecular flexibility index (Phi) is 9.63. The molecule has 0 unspecified atom stereocenters. The van der Waals surface area contributed by atoms with Gasteiger partial charge in [-0.2, -0.15) is 0 Å². The van der Waals surface area contributed by atoms with Crippen molar-refractivity contribution in [3.63, 3.8) is 0 Å². The van der Waals surface area contributed by atoms with E-state index in [9.17, 15) is 14.0 Å². The third-order valence-electron chi connectivity index (χ3n) is 6.48. The first kappa shape index (κ1) is 30.1. The number of carbonyl (C=O) groups excluding carboxylic acids is 2. The lowest BCUT2D eigenvalue weighted by molar-refractivity contribution is -0.151. The summed E-state index contributed by atoms with van der Waals surface area (Å²) in [6.45, 7) is 2.10. The Morgan fingerprint density at radius 2 is 1.84 bits per heavy atom. The van der Waals surface area contributed by atoms with Crippen LogP contribution in [-0.4, -0.2) is 42.0 Å². The number of esters is 1. The lowest BCUT2D eigenvalue weighted by Crippen LogP contribution is -2.32. The first-order chi connectivity index (χ1) is 20.9. The highest BCUT2D eigenvalue weighted by Crippen LogP contribution is 2.44. The number of hydrogen-bond donors (Lipinski definition) is 0. The van der Waals surface area contributed by atoms with E-state index in [1.807, 2.05) is 24.3 Å². The van der Waals surface area contributed by atoms with Gasteiger partial charge in [-0.15, -0.1) is 11.3 Å². The van der Waals surface area contributed by atoms with Gasteiger partial charge in [-0.3, -0.25) is 4.79 Å². The van der Waals surface area contributed by atoms with E-state index in [1.165, 1.54) is 29.8 Å². The lowest BCUT2D eigenvalue weighted by Gasteiger charge is -2.20. The van der Waals surface area contributed by atoms with Crippen molar-refractivity contribution in [1.29, 1.82) is 0 Å². The Labute approximate surface area is 259 Å². The van der Waals surface area contributed by atoms with Crippen LogP contribution in [0.4, 0.5) is 4.39 Å². The predicted molar refractivity (Wildman–Crippen MR) is 164 cm³/mol. The Hall–Kier alpha value is -4.35. The number of fused-ring (bicyclic) bond motifs is 1. The fraction of sp³-hybridized carbons (Fsp3) is 0.188. The quantitative estimate of drug-likeness (QED) is 0.102. The molecule has 0 saturated heterocycles. The molecular formula is C32H26BrFN2O6S. The molecule has 0 aliphatic carbocycles. The number of benzene rings is 3. The normalized spacial score (nSPS) is 11.6. The molecule has 8 nitrogen and oxygen atoms in total. The number of halogens is 2. The van der Waals surface area contributed by atoms with Crippen LogP contribution in [0.3, 0.4) is 0 Å². The SMILES string of the molecule is CCOC(=O)[C@@H](Cc1cc(C=O)ccc1OCc1ccc(OC)cc1)Oc1ncnc2sc(-c3ccc(F)cc3)c(Br)c12. The largest absolute Gasteiger partial charge is 0.497 e. The fourth-order valence-corrected chi connectivity index (χ4v) is 6.34. The molecule has 5 aromatic rings. The van der Waals surface area contributed by atoms with Gasteiger partial charge in [-0.25, -0.2) is 19.2 Å². The van der Waals surface area contributed by atoms with Crippen molar-refractivity contribution in [3.05, 3.63) is 100 Å². The van der Waals surface area contributed by atoms with E-state index in [0.29, 0.717) is 31.6 Å². The molecule has 0 N–H and O–H groups in total. The van der Waals surface area contributed by atoms with Gasteiger partial charge < -0.3 is 18.9 Å². The number of hydrogen-bond acceptors (Lipinski definition) is 9. The van der Waals surface area contributed by atoms with Gasteiger partial charge in [0.05, 0.1) is 28.5 Å². The fourth-order valence-electron chi connectivity index (χ4n) is 4.35. The number of nitrogens with zero attached hydrogens (tertiary/aromatic N) is 2. The summed E-state index contributed by atoms with van der Waals surface area (Å²) in [4.78, 5) is 34.9. The van der Waals surface area contributed by atoms with Crippen LogP contribution in [0.15, 0.2) is 77.5 Å². The molecule has 2 aromatic heterocycles. The zero-order chi connectivity index (χ0) is 30.3. The summed E-state index contributed by atoms with van der Waals surface area (Å²) in [6.07, 6.45) is 0.999. The molecule has 2 heterocycles. The number of methoxy groups -OCH3 is 1. The van der Waals surface area contributed by atoms with Crippen molar-refractivity contribution in [3.8, 4) is 27.8 Å². The average Bonchev–Trinajstić information content (AvgIpc) is 3.37. The molecule has 0 bridgehead atoms. The number of thiophene rings is 1. The number of rotatable bonds is 12. The van der Waals surface area contributed by atoms with Crippen LogP contribution in [0, 0.1) is 5.82 Å². The molecule has 0 aliphatic rings. The number of carbonyl (C=O) groups is 2. The van der Waals surface area contributed by atoms with Crippen molar-refractivity contribution in [2.45, 2.75) is 26.1 Å². The maximum Gasteiger partial charge on any atom is 0.347 e. The van der Waals surface area contributed by atoms with Crippen molar-refractivity contribution in [1.82, 2.24) is 9.97 Å². The minimum absolute atomic E-state index is 0.0382. The van der Waals surface area contributed by atoms with Gasteiger partial charge >= 0.3 is 5.97 Å². The second kappa shape index (κ2) is 13.7. The molecule has 0 radical (unpaired) electrons. The molecule has 3 aromatic carbocycles. The third kappa shape index (κ3) is 7.00. The minimum Gasteiger partial charge on any atom is -0.497 e. The summed E-state index contributed by atoms with van der Waals surface area (Å²) in [6, 6.07) is 18.6. The Morgan fingerprint density at radius 3 is 2.53 bits per heavy atom. The van der Waals surface area contributed by atoms with E-state index < -0.39 is 12.1 Å². The molecule has 11 heteroatoms. The number of aldehydes is 1. The highest BCUT2D eigenvalue weighted by Gasteiger charge is 2.27. The monoisotopic (exact) mass is 664 g/mol. The van der Waals surface area contributed by atoms with Crippen molar-refractivity contribution < 1.29 is 32.9 Å². The van der Waals surface area contributed by atoms with Gasteiger partial charge in [0.15, 0.2) is 0 Å². The number of ether oxygens (including phenoxy) is 4. The van der Waals surface area contributed by atoms with Gasteiger partial charge in [-0.05, 0) is 82.0 Å². The molecule has 1 atom stereocenters. The van der Waals surface area contributed by atoms with Crippen LogP contribution < -0.4 is 14.2 Å². The highest BCUT2D eigenvalue weighted by atomic mass is 79.9. The topological polar surface area (TPSA) is 96.8 Å².